The van der Waals surface area contributed by atoms with Crippen LogP contribution in [0.2, 0.25) is 0 Å². The number of benzene rings is 1. The standard InChI is InChI=1S/C14H16F3IN2O2/c1-9-7-20(5-4-19-9)13(21)10-2-3-12(11(18)6-10)22-8-14(15,16)17/h2-3,6,9,19H,4-5,7-8H2,1H3. The lowest BCUT2D eigenvalue weighted by Gasteiger charge is -2.32. The Morgan fingerprint density at radius 3 is 2.82 bits per heavy atom. The van der Waals surface area contributed by atoms with Gasteiger partial charge in [-0.15, -0.1) is 0 Å². The van der Waals surface area contributed by atoms with Gasteiger partial charge >= 0.3 is 6.18 Å². The molecule has 1 fully saturated rings. The minimum atomic E-state index is -4.38. The first kappa shape index (κ1) is 17.3. The van der Waals surface area contributed by atoms with Crippen LogP contribution in [-0.2, 0) is 0 Å². The van der Waals surface area contributed by atoms with E-state index in [-0.39, 0.29) is 17.7 Å². The molecule has 0 saturated carbocycles. The molecule has 1 aliphatic rings. The van der Waals surface area contributed by atoms with Crippen molar-refractivity contribution in [2.45, 2.75) is 19.1 Å². The van der Waals surface area contributed by atoms with Crippen LogP contribution in [0.3, 0.4) is 0 Å². The first-order valence-corrected chi connectivity index (χ1v) is 7.86. The van der Waals surface area contributed by atoms with Crippen LogP contribution in [0.25, 0.3) is 0 Å². The highest BCUT2D eigenvalue weighted by atomic mass is 127. The first-order valence-electron chi connectivity index (χ1n) is 6.78. The molecule has 1 unspecified atom stereocenters. The lowest BCUT2D eigenvalue weighted by atomic mass is 10.1. The van der Waals surface area contributed by atoms with E-state index >= 15 is 0 Å². The van der Waals surface area contributed by atoms with E-state index in [9.17, 15) is 18.0 Å². The molecule has 4 nitrogen and oxygen atoms in total. The fourth-order valence-corrected chi connectivity index (χ4v) is 2.88. The largest absolute Gasteiger partial charge is 0.483 e. The summed E-state index contributed by atoms with van der Waals surface area (Å²) in [7, 11) is 0. The van der Waals surface area contributed by atoms with Crippen molar-refractivity contribution in [3.05, 3.63) is 27.3 Å². The zero-order chi connectivity index (χ0) is 16.3. The van der Waals surface area contributed by atoms with Crippen molar-refractivity contribution in [2.75, 3.05) is 26.2 Å². The van der Waals surface area contributed by atoms with Gasteiger partial charge in [0.2, 0.25) is 0 Å². The van der Waals surface area contributed by atoms with Gasteiger partial charge in [0.05, 0.1) is 3.57 Å². The number of amides is 1. The average Bonchev–Trinajstić information content (AvgIpc) is 2.44. The Hall–Kier alpha value is -1.03. The molecule has 0 radical (unpaired) electrons. The normalized spacial score (nSPS) is 19.1. The van der Waals surface area contributed by atoms with E-state index in [1.165, 1.54) is 12.1 Å². The number of rotatable bonds is 3. The second-order valence-corrected chi connectivity index (χ2v) is 6.32. The Morgan fingerprint density at radius 2 is 2.23 bits per heavy atom. The highest BCUT2D eigenvalue weighted by Gasteiger charge is 2.29. The smallest absolute Gasteiger partial charge is 0.422 e. The number of hydrogen-bond donors (Lipinski definition) is 1. The molecule has 1 aromatic rings. The van der Waals surface area contributed by atoms with E-state index in [1.54, 1.807) is 11.0 Å². The van der Waals surface area contributed by atoms with Gasteiger partial charge in [0.15, 0.2) is 6.61 Å². The summed E-state index contributed by atoms with van der Waals surface area (Å²) in [5.41, 5.74) is 0.456. The maximum atomic E-state index is 12.4. The maximum Gasteiger partial charge on any atom is 0.422 e. The Bertz CT molecular complexity index is 551. The fraction of sp³-hybridized carbons (Fsp3) is 0.500. The van der Waals surface area contributed by atoms with Gasteiger partial charge in [-0.2, -0.15) is 13.2 Å². The highest BCUT2D eigenvalue weighted by molar-refractivity contribution is 14.1. The van der Waals surface area contributed by atoms with E-state index in [4.69, 9.17) is 4.74 Å². The predicted octanol–water partition coefficient (Wildman–Crippen LogP) is 2.67. The molecule has 0 bridgehead atoms. The van der Waals surface area contributed by atoms with E-state index in [1.807, 2.05) is 29.5 Å². The Morgan fingerprint density at radius 1 is 1.50 bits per heavy atom. The molecule has 1 N–H and O–H groups in total. The molecule has 0 aromatic heterocycles. The van der Waals surface area contributed by atoms with Crippen LogP contribution in [0.5, 0.6) is 5.75 Å². The van der Waals surface area contributed by atoms with E-state index in [0.29, 0.717) is 22.2 Å². The van der Waals surface area contributed by atoms with Gasteiger partial charge in [-0.05, 0) is 47.7 Å². The summed E-state index contributed by atoms with van der Waals surface area (Å²) in [5.74, 6) is 0.0109. The molecular weight excluding hydrogens is 412 g/mol. The summed E-state index contributed by atoms with van der Waals surface area (Å²) < 4.78 is 41.7. The molecule has 0 spiro atoms. The zero-order valence-electron chi connectivity index (χ0n) is 11.9. The molecule has 1 aliphatic heterocycles. The number of alkyl halides is 3. The molecule has 122 valence electrons. The first-order chi connectivity index (χ1) is 10.3. The number of hydrogen-bond acceptors (Lipinski definition) is 3. The minimum absolute atomic E-state index is 0.117. The predicted molar refractivity (Wildman–Crippen MR) is 84.1 cm³/mol. The summed E-state index contributed by atoms with van der Waals surface area (Å²) in [4.78, 5) is 14.1. The third kappa shape index (κ3) is 4.73. The Kier molecular flexibility index (Phi) is 5.54. The van der Waals surface area contributed by atoms with Gasteiger partial charge in [-0.25, -0.2) is 0 Å². The van der Waals surface area contributed by atoms with Crippen molar-refractivity contribution >= 4 is 28.5 Å². The summed E-state index contributed by atoms with van der Waals surface area (Å²) in [6.45, 7) is 2.62. The number of carbonyl (C=O) groups excluding carboxylic acids is 1. The molecule has 1 saturated heterocycles. The van der Waals surface area contributed by atoms with E-state index < -0.39 is 12.8 Å². The SMILES string of the molecule is CC1CN(C(=O)c2ccc(OCC(F)(F)F)c(I)c2)CCN1. The quantitative estimate of drug-likeness (QED) is 0.754. The molecule has 1 heterocycles. The molecule has 2 rings (SSSR count). The number of halogens is 4. The van der Waals surface area contributed by atoms with Crippen molar-refractivity contribution in [2.24, 2.45) is 0 Å². The monoisotopic (exact) mass is 428 g/mol. The van der Waals surface area contributed by atoms with Crippen molar-refractivity contribution in [3.8, 4) is 5.75 Å². The van der Waals surface area contributed by atoms with Gasteiger partial charge in [-0.1, -0.05) is 0 Å². The molecule has 1 atom stereocenters. The van der Waals surface area contributed by atoms with Crippen LogP contribution < -0.4 is 10.1 Å². The Balaban J connectivity index is 2.06. The second-order valence-electron chi connectivity index (χ2n) is 5.16. The molecule has 1 amide bonds. The third-order valence-corrected chi connectivity index (χ3v) is 4.07. The third-order valence-electron chi connectivity index (χ3n) is 3.23. The number of ether oxygens (including phenoxy) is 1. The van der Waals surface area contributed by atoms with Crippen molar-refractivity contribution in [1.29, 1.82) is 0 Å². The fourth-order valence-electron chi connectivity index (χ4n) is 2.21. The van der Waals surface area contributed by atoms with Crippen LogP contribution in [0.15, 0.2) is 18.2 Å². The van der Waals surface area contributed by atoms with E-state index in [0.717, 1.165) is 6.54 Å². The van der Waals surface area contributed by atoms with Crippen LogP contribution in [-0.4, -0.2) is 49.3 Å². The van der Waals surface area contributed by atoms with Gasteiger partial charge in [0.25, 0.3) is 5.91 Å². The van der Waals surface area contributed by atoms with Crippen molar-refractivity contribution < 1.29 is 22.7 Å². The van der Waals surface area contributed by atoms with Crippen molar-refractivity contribution in [1.82, 2.24) is 10.2 Å². The highest BCUT2D eigenvalue weighted by Crippen LogP contribution is 2.25. The second kappa shape index (κ2) is 7.03. The lowest BCUT2D eigenvalue weighted by Crippen LogP contribution is -2.51. The summed E-state index contributed by atoms with van der Waals surface area (Å²) in [6, 6.07) is 4.70. The summed E-state index contributed by atoms with van der Waals surface area (Å²) in [6.07, 6.45) is -4.38. The number of carbonyl (C=O) groups is 1. The Labute approximate surface area is 140 Å². The minimum Gasteiger partial charge on any atom is -0.483 e. The number of piperazine rings is 1. The van der Waals surface area contributed by atoms with Crippen LogP contribution in [0.4, 0.5) is 13.2 Å². The topological polar surface area (TPSA) is 41.6 Å². The molecule has 8 heteroatoms. The van der Waals surface area contributed by atoms with Gasteiger partial charge in [0, 0.05) is 31.2 Å². The van der Waals surface area contributed by atoms with Crippen LogP contribution in [0.1, 0.15) is 17.3 Å². The summed E-state index contributed by atoms with van der Waals surface area (Å²) in [5, 5.41) is 3.25. The number of nitrogens with zero attached hydrogens (tertiary/aromatic N) is 1. The van der Waals surface area contributed by atoms with Gasteiger partial charge in [-0.3, -0.25) is 4.79 Å². The lowest BCUT2D eigenvalue weighted by molar-refractivity contribution is -0.153. The zero-order valence-corrected chi connectivity index (χ0v) is 14.1. The van der Waals surface area contributed by atoms with E-state index in [2.05, 4.69) is 5.32 Å². The van der Waals surface area contributed by atoms with Gasteiger partial charge < -0.3 is 15.0 Å². The van der Waals surface area contributed by atoms with Crippen LogP contribution in [0, 0.1) is 3.57 Å². The average molecular weight is 428 g/mol. The number of nitrogens with one attached hydrogen (secondary N) is 1. The van der Waals surface area contributed by atoms with Gasteiger partial charge in [0.1, 0.15) is 5.75 Å². The molecule has 22 heavy (non-hydrogen) atoms. The maximum absolute atomic E-state index is 12.4. The molecule has 0 aliphatic carbocycles. The molecule has 1 aromatic carbocycles. The van der Waals surface area contributed by atoms with Crippen molar-refractivity contribution in [3.63, 3.8) is 0 Å². The summed E-state index contributed by atoms with van der Waals surface area (Å²) >= 11 is 1.87. The molecular formula is C14H16F3IN2O2. The van der Waals surface area contributed by atoms with Crippen LogP contribution >= 0.6 is 22.6 Å².